The normalized spacial score (nSPS) is 12.1. The first-order chi connectivity index (χ1) is 18.9. The second kappa shape index (κ2) is 13.8. The molecule has 0 aliphatic carbocycles. The number of aryl methyl sites for hydroxylation is 3. The number of benzene rings is 3. The number of halogens is 1. The molecule has 0 fully saturated rings. The summed E-state index contributed by atoms with van der Waals surface area (Å²) >= 11 is 6.17. The van der Waals surface area contributed by atoms with Gasteiger partial charge in [0.2, 0.25) is 11.8 Å². The van der Waals surface area contributed by atoms with Crippen LogP contribution in [-0.4, -0.2) is 44.3 Å². The number of nitrogens with one attached hydrogen (secondary N) is 1. The van der Waals surface area contributed by atoms with Gasteiger partial charge in [-0.1, -0.05) is 72.5 Å². The molecular weight excluding hydrogens is 546 g/mol. The summed E-state index contributed by atoms with van der Waals surface area (Å²) in [5.74, 6) is -0.784. The van der Waals surface area contributed by atoms with Gasteiger partial charge in [0.15, 0.2) is 0 Å². The quantitative estimate of drug-likeness (QED) is 0.273. The third-order valence-corrected chi connectivity index (χ3v) is 8.79. The molecule has 0 aliphatic heterocycles. The van der Waals surface area contributed by atoms with Crippen LogP contribution in [0.25, 0.3) is 0 Å². The topological polar surface area (TPSA) is 86.8 Å². The molecule has 0 aliphatic rings. The minimum Gasteiger partial charge on any atom is -0.354 e. The molecule has 2 amide bonds. The van der Waals surface area contributed by atoms with Crippen LogP contribution in [0.5, 0.6) is 0 Å². The van der Waals surface area contributed by atoms with Gasteiger partial charge in [-0.3, -0.25) is 13.9 Å². The fourth-order valence-corrected chi connectivity index (χ4v) is 5.96. The zero-order chi connectivity index (χ0) is 29.4. The molecule has 3 aromatic rings. The first kappa shape index (κ1) is 31.2. The summed E-state index contributed by atoms with van der Waals surface area (Å²) in [5.41, 5.74) is 3.76. The van der Waals surface area contributed by atoms with Crippen LogP contribution in [0.15, 0.2) is 71.6 Å². The molecule has 0 bridgehead atoms. The maximum Gasteiger partial charge on any atom is 0.264 e. The van der Waals surface area contributed by atoms with Crippen molar-refractivity contribution in [3.63, 3.8) is 0 Å². The number of hydrogen-bond donors (Lipinski definition) is 1. The van der Waals surface area contributed by atoms with E-state index in [1.165, 1.54) is 17.0 Å². The van der Waals surface area contributed by atoms with Crippen LogP contribution in [0.3, 0.4) is 0 Å². The van der Waals surface area contributed by atoms with E-state index in [1.807, 2.05) is 45.0 Å². The summed E-state index contributed by atoms with van der Waals surface area (Å²) in [4.78, 5) is 28.6. The SMILES string of the molecule is CCCCNC(=O)[C@@H](C)N(Cc1ccc(C)cc1)C(=O)CN(c1ccc(Cl)cc1C)S(=O)(=O)c1ccc(C)cc1. The Bertz CT molecular complexity index is 1420. The van der Waals surface area contributed by atoms with Crippen molar-refractivity contribution in [1.82, 2.24) is 10.2 Å². The van der Waals surface area contributed by atoms with Crippen molar-refractivity contribution in [2.24, 2.45) is 0 Å². The molecule has 0 heterocycles. The van der Waals surface area contributed by atoms with Gasteiger partial charge < -0.3 is 10.2 Å². The van der Waals surface area contributed by atoms with Crippen molar-refractivity contribution >= 4 is 39.1 Å². The summed E-state index contributed by atoms with van der Waals surface area (Å²) in [5, 5.41) is 3.35. The number of nitrogens with zero attached hydrogens (tertiary/aromatic N) is 2. The molecule has 40 heavy (non-hydrogen) atoms. The molecule has 1 N–H and O–H groups in total. The molecule has 3 aromatic carbocycles. The van der Waals surface area contributed by atoms with Crippen LogP contribution in [0, 0.1) is 20.8 Å². The second-order valence-electron chi connectivity index (χ2n) is 10.1. The number of hydrogen-bond acceptors (Lipinski definition) is 4. The minimum absolute atomic E-state index is 0.0655. The Morgan fingerprint density at radius 2 is 1.52 bits per heavy atom. The van der Waals surface area contributed by atoms with Crippen molar-refractivity contribution < 1.29 is 18.0 Å². The van der Waals surface area contributed by atoms with E-state index >= 15 is 0 Å². The predicted octanol–water partition coefficient (Wildman–Crippen LogP) is 5.79. The predicted molar refractivity (Wildman–Crippen MR) is 161 cm³/mol. The molecular formula is C31H38ClN3O4S. The van der Waals surface area contributed by atoms with E-state index < -0.39 is 28.5 Å². The third kappa shape index (κ3) is 7.86. The van der Waals surface area contributed by atoms with Crippen molar-refractivity contribution in [2.75, 3.05) is 17.4 Å². The van der Waals surface area contributed by atoms with E-state index in [2.05, 4.69) is 5.32 Å². The minimum atomic E-state index is -4.13. The maximum absolute atomic E-state index is 14.0. The molecule has 1 atom stereocenters. The summed E-state index contributed by atoms with van der Waals surface area (Å²) < 4.78 is 29.0. The van der Waals surface area contributed by atoms with Gasteiger partial charge in [-0.2, -0.15) is 0 Å². The van der Waals surface area contributed by atoms with E-state index in [-0.39, 0.29) is 17.3 Å². The number of anilines is 1. The Morgan fingerprint density at radius 1 is 0.925 bits per heavy atom. The highest BCUT2D eigenvalue weighted by atomic mass is 35.5. The maximum atomic E-state index is 14.0. The lowest BCUT2D eigenvalue weighted by Gasteiger charge is -2.32. The molecule has 3 rings (SSSR count). The van der Waals surface area contributed by atoms with Gasteiger partial charge in [0.25, 0.3) is 10.0 Å². The van der Waals surface area contributed by atoms with Crippen LogP contribution in [0.1, 0.15) is 48.9 Å². The number of carbonyl (C=O) groups excluding carboxylic acids is 2. The first-order valence-corrected chi connectivity index (χ1v) is 15.2. The fraction of sp³-hybridized carbons (Fsp3) is 0.355. The third-order valence-electron chi connectivity index (χ3n) is 6.79. The Hall–Kier alpha value is -3.36. The summed E-state index contributed by atoms with van der Waals surface area (Å²) in [7, 11) is -4.13. The van der Waals surface area contributed by atoms with Crippen LogP contribution in [0.2, 0.25) is 5.02 Å². The van der Waals surface area contributed by atoms with E-state index in [0.717, 1.165) is 33.8 Å². The van der Waals surface area contributed by atoms with E-state index in [4.69, 9.17) is 11.6 Å². The average Bonchev–Trinajstić information content (AvgIpc) is 2.91. The smallest absolute Gasteiger partial charge is 0.264 e. The molecule has 0 radical (unpaired) electrons. The molecule has 7 nitrogen and oxygen atoms in total. The number of carbonyl (C=O) groups is 2. The highest BCUT2D eigenvalue weighted by Gasteiger charge is 2.33. The van der Waals surface area contributed by atoms with E-state index in [9.17, 15) is 18.0 Å². The highest BCUT2D eigenvalue weighted by molar-refractivity contribution is 7.92. The van der Waals surface area contributed by atoms with Gasteiger partial charge in [-0.25, -0.2) is 8.42 Å². The van der Waals surface area contributed by atoms with Crippen LogP contribution < -0.4 is 9.62 Å². The zero-order valence-corrected chi connectivity index (χ0v) is 25.3. The van der Waals surface area contributed by atoms with Gasteiger partial charge in [-0.05, 0) is 75.6 Å². The lowest BCUT2D eigenvalue weighted by atomic mass is 10.1. The molecule has 0 saturated heterocycles. The van der Waals surface area contributed by atoms with Crippen molar-refractivity contribution in [2.45, 2.75) is 64.9 Å². The number of sulfonamides is 1. The van der Waals surface area contributed by atoms with E-state index in [0.29, 0.717) is 22.8 Å². The summed E-state index contributed by atoms with van der Waals surface area (Å²) in [6.07, 6.45) is 1.75. The monoisotopic (exact) mass is 583 g/mol. The van der Waals surface area contributed by atoms with Gasteiger partial charge in [-0.15, -0.1) is 0 Å². The van der Waals surface area contributed by atoms with Crippen LogP contribution in [0.4, 0.5) is 5.69 Å². The zero-order valence-electron chi connectivity index (χ0n) is 23.8. The van der Waals surface area contributed by atoms with Crippen molar-refractivity contribution in [1.29, 1.82) is 0 Å². The highest BCUT2D eigenvalue weighted by Crippen LogP contribution is 2.29. The first-order valence-electron chi connectivity index (χ1n) is 13.4. The molecule has 0 aromatic heterocycles. The van der Waals surface area contributed by atoms with Crippen LogP contribution in [-0.2, 0) is 26.2 Å². The second-order valence-corrected chi connectivity index (χ2v) is 12.4. The number of unbranched alkanes of at least 4 members (excludes halogenated alkanes) is 1. The van der Waals surface area contributed by atoms with Gasteiger partial charge in [0, 0.05) is 18.1 Å². The van der Waals surface area contributed by atoms with Crippen molar-refractivity contribution in [3.8, 4) is 0 Å². The van der Waals surface area contributed by atoms with Gasteiger partial charge >= 0.3 is 0 Å². The van der Waals surface area contributed by atoms with E-state index in [1.54, 1.807) is 44.2 Å². The fourth-order valence-electron chi connectivity index (χ4n) is 4.26. The number of rotatable bonds is 12. The summed E-state index contributed by atoms with van der Waals surface area (Å²) in [6, 6.07) is 18.2. The van der Waals surface area contributed by atoms with Gasteiger partial charge in [0.1, 0.15) is 12.6 Å². The number of amides is 2. The van der Waals surface area contributed by atoms with Crippen molar-refractivity contribution in [3.05, 3.63) is 94.0 Å². The molecule has 214 valence electrons. The van der Waals surface area contributed by atoms with Gasteiger partial charge in [0.05, 0.1) is 10.6 Å². The van der Waals surface area contributed by atoms with Crippen LogP contribution >= 0.6 is 11.6 Å². The Morgan fingerprint density at radius 3 is 2.10 bits per heavy atom. The largest absolute Gasteiger partial charge is 0.354 e. The molecule has 0 spiro atoms. The summed E-state index contributed by atoms with van der Waals surface area (Å²) in [6.45, 7) is 9.46. The molecule has 0 unspecified atom stereocenters. The Labute approximate surface area is 243 Å². The average molecular weight is 584 g/mol. The Kier molecular flexibility index (Phi) is 10.8. The standard InChI is InChI=1S/C31H38ClN3O4S/c1-6-7-18-33-31(37)25(5)34(20-26-12-8-22(2)9-13-26)30(36)21-35(29-17-14-27(32)19-24(29)4)40(38,39)28-15-10-23(3)11-16-28/h8-17,19,25H,6-7,18,20-21H2,1-5H3,(H,33,37)/t25-/m1/s1. The molecule has 9 heteroatoms. The molecule has 0 saturated carbocycles. The lowest BCUT2D eigenvalue weighted by Crippen LogP contribution is -2.51. The Balaban J connectivity index is 2.03. The lowest BCUT2D eigenvalue weighted by molar-refractivity contribution is -0.139.